The molecule has 0 unspecified atom stereocenters. The number of ether oxygens (including phenoxy) is 1. The van der Waals surface area contributed by atoms with Gasteiger partial charge in [-0.15, -0.1) is 0 Å². The number of carbonyl (C=O) groups is 1. The number of aromatic nitrogens is 2. The second-order valence-electron chi connectivity index (χ2n) is 7.35. The summed E-state index contributed by atoms with van der Waals surface area (Å²) >= 11 is 0. The third-order valence-electron chi connectivity index (χ3n) is 5.40. The van der Waals surface area contributed by atoms with Crippen LogP contribution >= 0.6 is 0 Å². The SMILES string of the molecule is COc1ccccc1-c1nn(-c2ccccc2)cc1C(=O)N1CCC(C)CC1. The van der Waals surface area contributed by atoms with Gasteiger partial charge in [-0.25, -0.2) is 4.68 Å². The lowest BCUT2D eigenvalue weighted by molar-refractivity contribution is 0.0698. The van der Waals surface area contributed by atoms with Crippen molar-refractivity contribution in [1.82, 2.24) is 14.7 Å². The highest BCUT2D eigenvalue weighted by Gasteiger charge is 2.27. The number of rotatable bonds is 4. The van der Waals surface area contributed by atoms with Crippen molar-refractivity contribution in [2.75, 3.05) is 20.2 Å². The molecule has 28 heavy (non-hydrogen) atoms. The Hall–Kier alpha value is -3.08. The van der Waals surface area contributed by atoms with E-state index in [4.69, 9.17) is 9.84 Å². The van der Waals surface area contributed by atoms with Crippen molar-refractivity contribution < 1.29 is 9.53 Å². The van der Waals surface area contributed by atoms with Crippen LogP contribution in [-0.2, 0) is 0 Å². The van der Waals surface area contributed by atoms with Gasteiger partial charge in [-0.2, -0.15) is 5.10 Å². The Morgan fingerprint density at radius 1 is 1.04 bits per heavy atom. The van der Waals surface area contributed by atoms with Crippen LogP contribution in [0.5, 0.6) is 5.75 Å². The van der Waals surface area contributed by atoms with Crippen molar-refractivity contribution in [3.63, 3.8) is 0 Å². The molecule has 0 bridgehead atoms. The average Bonchev–Trinajstić information content (AvgIpc) is 3.19. The topological polar surface area (TPSA) is 47.4 Å². The predicted molar refractivity (Wildman–Crippen MR) is 110 cm³/mol. The predicted octanol–water partition coefficient (Wildman–Crippen LogP) is 4.42. The molecule has 0 radical (unpaired) electrons. The lowest BCUT2D eigenvalue weighted by Gasteiger charge is -2.30. The monoisotopic (exact) mass is 375 g/mol. The van der Waals surface area contributed by atoms with Crippen molar-refractivity contribution in [3.8, 4) is 22.7 Å². The Kier molecular flexibility index (Phi) is 5.15. The van der Waals surface area contributed by atoms with Gasteiger partial charge in [-0.3, -0.25) is 4.79 Å². The van der Waals surface area contributed by atoms with Gasteiger partial charge in [0.05, 0.1) is 18.4 Å². The molecule has 0 N–H and O–H groups in total. The van der Waals surface area contributed by atoms with Gasteiger partial charge in [0.25, 0.3) is 5.91 Å². The standard InChI is InChI=1S/C23H25N3O2/c1-17-12-14-25(15-13-17)23(27)20-16-26(18-8-4-3-5-9-18)24-22(20)19-10-6-7-11-21(19)28-2/h3-11,16-17H,12-15H2,1-2H3. The molecule has 1 amide bonds. The quantitative estimate of drug-likeness (QED) is 0.678. The van der Waals surface area contributed by atoms with Crippen LogP contribution in [-0.4, -0.2) is 40.8 Å². The first kappa shape index (κ1) is 18.3. The van der Waals surface area contributed by atoms with Crippen LogP contribution in [0.15, 0.2) is 60.8 Å². The number of para-hydroxylation sites is 2. The first-order valence-corrected chi connectivity index (χ1v) is 9.75. The van der Waals surface area contributed by atoms with Gasteiger partial charge in [0, 0.05) is 24.8 Å². The number of amides is 1. The summed E-state index contributed by atoms with van der Waals surface area (Å²) < 4.78 is 7.31. The number of hydrogen-bond donors (Lipinski definition) is 0. The fourth-order valence-corrected chi connectivity index (χ4v) is 3.66. The molecule has 5 heteroatoms. The zero-order chi connectivity index (χ0) is 19.5. The molecular formula is C23H25N3O2. The molecule has 1 fully saturated rings. The molecule has 5 nitrogen and oxygen atoms in total. The number of methoxy groups -OCH3 is 1. The average molecular weight is 375 g/mol. The van der Waals surface area contributed by atoms with Crippen LogP contribution < -0.4 is 4.74 Å². The third kappa shape index (κ3) is 3.52. The summed E-state index contributed by atoms with van der Waals surface area (Å²) in [6.07, 6.45) is 3.93. The van der Waals surface area contributed by atoms with Crippen LogP contribution in [0.2, 0.25) is 0 Å². The highest BCUT2D eigenvalue weighted by molar-refractivity contribution is 6.00. The molecule has 1 aliphatic heterocycles. The molecule has 0 atom stereocenters. The Labute approximate surface area is 165 Å². The lowest BCUT2D eigenvalue weighted by atomic mass is 9.98. The van der Waals surface area contributed by atoms with Crippen LogP contribution in [0.1, 0.15) is 30.1 Å². The van der Waals surface area contributed by atoms with E-state index in [0.717, 1.165) is 37.2 Å². The first-order chi connectivity index (χ1) is 13.7. The minimum atomic E-state index is 0.0370. The fourth-order valence-electron chi connectivity index (χ4n) is 3.66. The van der Waals surface area contributed by atoms with Crippen molar-refractivity contribution >= 4 is 5.91 Å². The number of nitrogens with zero attached hydrogens (tertiary/aromatic N) is 3. The van der Waals surface area contributed by atoms with E-state index in [9.17, 15) is 4.79 Å². The highest BCUT2D eigenvalue weighted by atomic mass is 16.5. The van der Waals surface area contributed by atoms with Crippen LogP contribution in [0, 0.1) is 5.92 Å². The Bertz CT molecular complexity index is 957. The Balaban J connectivity index is 1.79. The molecule has 1 aromatic heterocycles. The van der Waals surface area contributed by atoms with Gasteiger partial charge in [0.1, 0.15) is 11.4 Å². The van der Waals surface area contributed by atoms with Crippen LogP contribution in [0.4, 0.5) is 0 Å². The van der Waals surface area contributed by atoms with E-state index in [1.807, 2.05) is 65.7 Å². The molecule has 2 heterocycles. The number of likely N-dealkylation sites (tertiary alicyclic amines) is 1. The van der Waals surface area contributed by atoms with Crippen molar-refractivity contribution in [2.24, 2.45) is 5.92 Å². The van der Waals surface area contributed by atoms with E-state index in [1.54, 1.807) is 11.8 Å². The molecule has 0 aliphatic carbocycles. The second-order valence-corrected chi connectivity index (χ2v) is 7.35. The maximum atomic E-state index is 13.4. The van der Waals surface area contributed by atoms with Crippen molar-refractivity contribution in [2.45, 2.75) is 19.8 Å². The molecule has 1 saturated heterocycles. The Morgan fingerprint density at radius 3 is 2.43 bits per heavy atom. The smallest absolute Gasteiger partial charge is 0.257 e. The summed E-state index contributed by atoms with van der Waals surface area (Å²) in [5.74, 6) is 1.42. The minimum Gasteiger partial charge on any atom is -0.496 e. The van der Waals surface area contributed by atoms with E-state index >= 15 is 0 Å². The van der Waals surface area contributed by atoms with E-state index < -0.39 is 0 Å². The van der Waals surface area contributed by atoms with Crippen molar-refractivity contribution in [1.29, 1.82) is 0 Å². The molecule has 4 rings (SSSR count). The summed E-state index contributed by atoms with van der Waals surface area (Å²) in [6.45, 7) is 3.83. The fraction of sp³-hybridized carbons (Fsp3) is 0.304. The number of hydrogen-bond acceptors (Lipinski definition) is 3. The minimum absolute atomic E-state index is 0.0370. The zero-order valence-electron chi connectivity index (χ0n) is 16.3. The molecule has 1 aliphatic rings. The molecule has 144 valence electrons. The van der Waals surface area contributed by atoms with E-state index in [-0.39, 0.29) is 5.91 Å². The third-order valence-corrected chi connectivity index (χ3v) is 5.40. The second kappa shape index (κ2) is 7.89. The van der Waals surface area contributed by atoms with Gasteiger partial charge in [-0.05, 0) is 43.0 Å². The van der Waals surface area contributed by atoms with Crippen molar-refractivity contribution in [3.05, 3.63) is 66.4 Å². The van der Waals surface area contributed by atoms with E-state index in [0.29, 0.717) is 22.9 Å². The number of benzene rings is 2. The molecule has 3 aromatic rings. The largest absolute Gasteiger partial charge is 0.496 e. The van der Waals surface area contributed by atoms with E-state index in [1.165, 1.54) is 0 Å². The normalized spacial score (nSPS) is 14.9. The maximum Gasteiger partial charge on any atom is 0.257 e. The van der Waals surface area contributed by atoms with E-state index in [2.05, 4.69) is 6.92 Å². The van der Waals surface area contributed by atoms with Crippen LogP contribution in [0.3, 0.4) is 0 Å². The molecule has 0 spiro atoms. The summed E-state index contributed by atoms with van der Waals surface area (Å²) in [5.41, 5.74) is 3.02. The first-order valence-electron chi connectivity index (χ1n) is 9.75. The van der Waals surface area contributed by atoms with Crippen LogP contribution in [0.25, 0.3) is 16.9 Å². The summed E-state index contributed by atoms with van der Waals surface area (Å²) in [5, 5.41) is 4.78. The number of carbonyl (C=O) groups excluding carboxylic acids is 1. The lowest BCUT2D eigenvalue weighted by Crippen LogP contribution is -2.38. The van der Waals surface area contributed by atoms with Gasteiger partial charge >= 0.3 is 0 Å². The Morgan fingerprint density at radius 2 is 1.71 bits per heavy atom. The molecule has 0 saturated carbocycles. The van der Waals surface area contributed by atoms with Gasteiger partial charge in [0.15, 0.2) is 0 Å². The summed E-state index contributed by atoms with van der Waals surface area (Å²) in [6, 6.07) is 17.6. The number of piperidine rings is 1. The maximum absolute atomic E-state index is 13.4. The molecular weight excluding hydrogens is 350 g/mol. The highest BCUT2D eigenvalue weighted by Crippen LogP contribution is 2.33. The zero-order valence-corrected chi connectivity index (χ0v) is 16.3. The summed E-state index contributed by atoms with van der Waals surface area (Å²) in [4.78, 5) is 15.3. The molecule has 2 aromatic carbocycles. The van der Waals surface area contributed by atoms with Gasteiger partial charge in [-0.1, -0.05) is 37.3 Å². The van der Waals surface area contributed by atoms with Gasteiger partial charge < -0.3 is 9.64 Å². The van der Waals surface area contributed by atoms with Gasteiger partial charge in [0.2, 0.25) is 0 Å². The summed E-state index contributed by atoms with van der Waals surface area (Å²) in [7, 11) is 1.64.